The van der Waals surface area contributed by atoms with Crippen LogP contribution in [0.1, 0.15) is 23.1 Å². The molecule has 1 aliphatic heterocycles. The van der Waals surface area contributed by atoms with Gasteiger partial charge in [0, 0.05) is 12.6 Å². The van der Waals surface area contributed by atoms with Gasteiger partial charge in [0.1, 0.15) is 5.75 Å². The van der Waals surface area contributed by atoms with Gasteiger partial charge in [-0.3, -0.25) is 4.99 Å². The predicted octanol–water partition coefficient (Wildman–Crippen LogP) is 4.00. The molecule has 0 saturated heterocycles. The molecule has 0 saturated carbocycles. The zero-order valence-electron chi connectivity index (χ0n) is 16.0. The van der Waals surface area contributed by atoms with E-state index in [0.29, 0.717) is 18.4 Å². The van der Waals surface area contributed by atoms with Crippen molar-refractivity contribution in [3.63, 3.8) is 0 Å². The van der Waals surface area contributed by atoms with Crippen LogP contribution < -0.4 is 10.5 Å². The molecule has 2 atom stereocenters. The van der Waals surface area contributed by atoms with Crippen molar-refractivity contribution in [3.8, 4) is 5.75 Å². The Morgan fingerprint density at radius 1 is 1.11 bits per heavy atom. The van der Waals surface area contributed by atoms with Crippen LogP contribution in [-0.2, 0) is 19.3 Å². The summed E-state index contributed by atoms with van der Waals surface area (Å²) in [6.45, 7) is 0.689. The lowest BCUT2D eigenvalue weighted by molar-refractivity contribution is 0.221. The first kappa shape index (κ1) is 18.0. The Kier molecular flexibility index (Phi) is 5.13. The number of fused-ring (bicyclic) bond motifs is 1. The molecule has 2 aromatic rings. The van der Waals surface area contributed by atoms with Gasteiger partial charge in [-0.1, -0.05) is 48.5 Å². The third kappa shape index (κ3) is 3.44. The topological polar surface area (TPSA) is 47.6 Å². The summed E-state index contributed by atoms with van der Waals surface area (Å²) < 4.78 is 5.62. The summed E-state index contributed by atoms with van der Waals surface area (Å²) in [5, 5.41) is 0. The van der Waals surface area contributed by atoms with Gasteiger partial charge >= 0.3 is 0 Å². The Labute approximate surface area is 162 Å². The van der Waals surface area contributed by atoms with E-state index in [-0.39, 0.29) is 5.54 Å². The number of para-hydroxylation sites is 1. The van der Waals surface area contributed by atoms with Gasteiger partial charge in [0.25, 0.3) is 0 Å². The highest BCUT2D eigenvalue weighted by molar-refractivity contribution is 5.75. The monoisotopic (exact) mass is 360 g/mol. The van der Waals surface area contributed by atoms with E-state index < -0.39 is 0 Å². The molecule has 0 spiro atoms. The van der Waals surface area contributed by atoms with Gasteiger partial charge in [0.05, 0.1) is 12.6 Å². The molecule has 2 N–H and O–H groups in total. The van der Waals surface area contributed by atoms with E-state index in [4.69, 9.17) is 15.5 Å². The highest BCUT2D eigenvalue weighted by Crippen LogP contribution is 2.44. The first-order chi connectivity index (χ1) is 13.3. The van der Waals surface area contributed by atoms with E-state index in [1.807, 2.05) is 18.3 Å². The van der Waals surface area contributed by atoms with Crippen LogP contribution in [0.3, 0.4) is 0 Å². The van der Waals surface area contributed by atoms with Crippen LogP contribution >= 0.6 is 0 Å². The highest BCUT2D eigenvalue weighted by Gasteiger charge is 2.43. The maximum absolute atomic E-state index is 6.08. The van der Waals surface area contributed by atoms with Gasteiger partial charge in [-0.05, 0) is 66.5 Å². The highest BCUT2D eigenvalue weighted by atomic mass is 16.5. The normalized spacial score (nSPS) is 22.1. The maximum atomic E-state index is 6.08. The molecule has 3 nitrogen and oxygen atoms in total. The van der Waals surface area contributed by atoms with Crippen LogP contribution in [0, 0.1) is 11.8 Å². The molecule has 0 fully saturated rings. The number of rotatable bonds is 7. The third-order valence-electron chi connectivity index (χ3n) is 6.22. The molecular weight excluding hydrogens is 332 g/mol. The number of methoxy groups -OCH3 is 1. The lowest BCUT2D eigenvalue weighted by Crippen LogP contribution is -2.41. The number of allylic oxidation sites excluding steroid dienone is 1. The van der Waals surface area contributed by atoms with Crippen LogP contribution in [0.15, 0.2) is 65.7 Å². The molecule has 3 heteroatoms. The Morgan fingerprint density at radius 2 is 1.81 bits per heavy atom. The SMILES string of the molecule is COc1ccccc1CC1(C(CCN)C2Cc3ccccc3C2)C=CC=N1. The van der Waals surface area contributed by atoms with Crippen LogP contribution in [0.2, 0.25) is 0 Å². The number of ether oxygens (including phenoxy) is 1. The number of hydrogen-bond donors (Lipinski definition) is 1. The lowest BCUT2D eigenvalue weighted by Gasteiger charge is -2.38. The van der Waals surface area contributed by atoms with E-state index in [2.05, 4.69) is 48.6 Å². The minimum atomic E-state index is -0.235. The van der Waals surface area contributed by atoms with E-state index in [9.17, 15) is 0 Å². The fraction of sp³-hybridized carbons (Fsp3) is 0.375. The van der Waals surface area contributed by atoms with Crippen molar-refractivity contribution in [2.24, 2.45) is 22.6 Å². The van der Waals surface area contributed by atoms with Crippen molar-refractivity contribution in [3.05, 3.63) is 77.4 Å². The zero-order valence-corrected chi connectivity index (χ0v) is 16.0. The number of aliphatic imine (C=N–C) groups is 1. The second kappa shape index (κ2) is 7.69. The summed E-state index contributed by atoms with van der Waals surface area (Å²) in [6.07, 6.45) is 10.4. The molecule has 140 valence electrons. The molecule has 2 aromatic carbocycles. The van der Waals surface area contributed by atoms with Gasteiger partial charge in [0.2, 0.25) is 0 Å². The van der Waals surface area contributed by atoms with Crippen molar-refractivity contribution in [1.29, 1.82) is 0 Å². The molecular formula is C24H28N2O. The summed E-state index contributed by atoms with van der Waals surface area (Å²) >= 11 is 0. The summed E-state index contributed by atoms with van der Waals surface area (Å²) in [4.78, 5) is 5.02. The van der Waals surface area contributed by atoms with Gasteiger partial charge in [0.15, 0.2) is 0 Å². The fourth-order valence-electron chi connectivity index (χ4n) is 4.99. The molecule has 2 unspecified atom stereocenters. The summed E-state index contributed by atoms with van der Waals surface area (Å²) in [6, 6.07) is 17.1. The average molecular weight is 361 g/mol. The lowest BCUT2D eigenvalue weighted by atomic mass is 9.70. The van der Waals surface area contributed by atoms with Gasteiger partial charge in [-0.25, -0.2) is 0 Å². The molecule has 2 aliphatic rings. The quantitative estimate of drug-likeness (QED) is 0.811. The van der Waals surface area contributed by atoms with E-state index in [1.165, 1.54) is 16.7 Å². The average Bonchev–Trinajstić information content (AvgIpc) is 3.34. The third-order valence-corrected chi connectivity index (χ3v) is 6.22. The first-order valence-electron chi connectivity index (χ1n) is 9.87. The zero-order chi connectivity index (χ0) is 18.7. The molecule has 1 aliphatic carbocycles. The van der Waals surface area contributed by atoms with Crippen LogP contribution in [0.25, 0.3) is 0 Å². The first-order valence-corrected chi connectivity index (χ1v) is 9.87. The summed E-state index contributed by atoms with van der Waals surface area (Å²) in [7, 11) is 1.74. The van der Waals surface area contributed by atoms with Crippen molar-refractivity contribution < 1.29 is 4.74 Å². The van der Waals surface area contributed by atoms with Crippen molar-refractivity contribution in [2.75, 3.05) is 13.7 Å². The molecule has 0 amide bonds. The Bertz CT molecular complexity index is 818. The minimum Gasteiger partial charge on any atom is -0.496 e. The smallest absolute Gasteiger partial charge is 0.122 e. The minimum absolute atomic E-state index is 0.235. The van der Waals surface area contributed by atoms with Crippen molar-refractivity contribution in [2.45, 2.75) is 31.2 Å². The van der Waals surface area contributed by atoms with Crippen molar-refractivity contribution >= 4 is 6.21 Å². The standard InChI is InChI=1S/C24H28N2O/c1-27-23-10-5-4-9-20(23)17-24(12-6-14-26-24)22(11-13-25)21-15-18-7-2-3-8-19(18)16-21/h2-10,12,14,21-22H,11,13,15-17,25H2,1H3. The van der Waals surface area contributed by atoms with Gasteiger partial charge in [-0.2, -0.15) is 0 Å². The molecule has 1 heterocycles. The Morgan fingerprint density at radius 3 is 2.44 bits per heavy atom. The van der Waals surface area contributed by atoms with Crippen molar-refractivity contribution in [1.82, 2.24) is 0 Å². The fourth-order valence-corrected chi connectivity index (χ4v) is 4.99. The predicted molar refractivity (Wildman–Crippen MR) is 112 cm³/mol. The molecule has 0 aromatic heterocycles. The molecule has 0 radical (unpaired) electrons. The number of hydrogen-bond acceptors (Lipinski definition) is 3. The number of benzene rings is 2. The number of nitrogens with zero attached hydrogens (tertiary/aromatic N) is 1. The van der Waals surface area contributed by atoms with Crippen LogP contribution in [0.5, 0.6) is 5.75 Å². The number of nitrogens with two attached hydrogens (primary N) is 1. The largest absolute Gasteiger partial charge is 0.496 e. The van der Waals surface area contributed by atoms with E-state index >= 15 is 0 Å². The van der Waals surface area contributed by atoms with E-state index in [1.54, 1.807) is 7.11 Å². The molecule has 27 heavy (non-hydrogen) atoms. The van der Waals surface area contributed by atoms with Crippen LogP contribution in [-0.4, -0.2) is 25.4 Å². The summed E-state index contributed by atoms with van der Waals surface area (Å²) in [5.74, 6) is 1.92. The molecule has 0 bridgehead atoms. The van der Waals surface area contributed by atoms with Gasteiger partial charge in [-0.15, -0.1) is 0 Å². The second-order valence-corrected chi connectivity index (χ2v) is 7.74. The molecule has 4 rings (SSSR count). The maximum Gasteiger partial charge on any atom is 0.122 e. The van der Waals surface area contributed by atoms with E-state index in [0.717, 1.165) is 31.4 Å². The van der Waals surface area contributed by atoms with Gasteiger partial charge < -0.3 is 10.5 Å². The van der Waals surface area contributed by atoms with Crippen LogP contribution in [0.4, 0.5) is 0 Å². The Hall–Kier alpha value is -2.39. The Balaban J connectivity index is 1.66. The summed E-state index contributed by atoms with van der Waals surface area (Å²) in [5.41, 5.74) is 10.0. The second-order valence-electron chi connectivity index (χ2n) is 7.74.